The minimum atomic E-state index is -0.274. The summed E-state index contributed by atoms with van der Waals surface area (Å²) in [5.74, 6) is 1.99. The van der Waals surface area contributed by atoms with Gasteiger partial charge < -0.3 is 14.5 Å². The highest BCUT2D eigenvalue weighted by atomic mass is 16.5. The quantitative estimate of drug-likeness (QED) is 0.497. The Morgan fingerprint density at radius 1 is 1.10 bits per heavy atom. The number of carbonyl (C=O) groups is 1. The van der Waals surface area contributed by atoms with E-state index in [9.17, 15) is 4.79 Å². The third-order valence-corrected chi connectivity index (χ3v) is 4.86. The standard InChI is InChI=1S/C24H23N3O3/c1-16-12-13-22(30-16)17(2)25-24(28)21-15-27(19-9-5-4-6-10-19)26-23(21)18-8-7-11-20(14-18)29-3/h4-15,17H,1-3H3,(H,25,28). The molecule has 1 atom stereocenters. The lowest BCUT2D eigenvalue weighted by atomic mass is 10.1. The van der Waals surface area contributed by atoms with E-state index in [0.29, 0.717) is 22.8 Å². The number of aryl methyl sites for hydroxylation is 1. The lowest BCUT2D eigenvalue weighted by Gasteiger charge is -2.11. The van der Waals surface area contributed by atoms with Crippen LogP contribution in [0.2, 0.25) is 0 Å². The Morgan fingerprint density at radius 2 is 1.90 bits per heavy atom. The van der Waals surface area contributed by atoms with Gasteiger partial charge in [-0.25, -0.2) is 4.68 Å². The minimum Gasteiger partial charge on any atom is -0.497 e. The molecule has 0 aliphatic carbocycles. The van der Waals surface area contributed by atoms with Gasteiger partial charge in [0.05, 0.1) is 24.4 Å². The molecule has 0 saturated carbocycles. The molecule has 2 aromatic heterocycles. The molecule has 1 N–H and O–H groups in total. The van der Waals surface area contributed by atoms with Crippen molar-refractivity contribution in [2.75, 3.05) is 7.11 Å². The Labute approximate surface area is 175 Å². The van der Waals surface area contributed by atoms with Crippen LogP contribution in [0.1, 0.15) is 34.8 Å². The number of amides is 1. The predicted molar refractivity (Wildman–Crippen MR) is 115 cm³/mol. The Kier molecular flexibility index (Phi) is 5.39. The Morgan fingerprint density at radius 3 is 2.60 bits per heavy atom. The molecular formula is C24H23N3O3. The summed E-state index contributed by atoms with van der Waals surface area (Å²) in [5, 5.41) is 7.72. The van der Waals surface area contributed by atoms with Gasteiger partial charge in [-0.05, 0) is 50.2 Å². The van der Waals surface area contributed by atoms with Crippen LogP contribution in [0.25, 0.3) is 16.9 Å². The highest BCUT2D eigenvalue weighted by Crippen LogP contribution is 2.27. The highest BCUT2D eigenvalue weighted by molar-refractivity contribution is 6.00. The Bertz CT molecular complexity index is 1160. The Balaban J connectivity index is 1.73. The zero-order chi connectivity index (χ0) is 21.1. The number of hydrogen-bond acceptors (Lipinski definition) is 4. The van der Waals surface area contributed by atoms with Crippen molar-refractivity contribution in [1.29, 1.82) is 0 Å². The van der Waals surface area contributed by atoms with Gasteiger partial charge in [0.25, 0.3) is 5.91 Å². The zero-order valence-electron chi connectivity index (χ0n) is 17.1. The Hall–Kier alpha value is -3.80. The first kappa shape index (κ1) is 19.5. The molecule has 0 bridgehead atoms. The monoisotopic (exact) mass is 401 g/mol. The average molecular weight is 401 g/mol. The van der Waals surface area contributed by atoms with Gasteiger partial charge in [-0.15, -0.1) is 0 Å². The molecule has 1 unspecified atom stereocenters. The summed E-state index contributed by atoms with van der Waals surface area (Å²) in [6.45, 7) is 3.77. The summed E-state index contributed by atoms with van der Waals surface area (Å²) in [7, 11) is 1.61. The summed E-state index contributed by atoms with van der Waals surface area (Å²) in [4.78, 5) is 13.2. The average Bonchev–Trinajstić information content (AvgIpc) is 3.41. The SMILES string of the molecule is COc1cccc(-c2nn(-c3ccccc3)cc2C(=O)NC(C)c2ccc(C)o2)c1. The highest BCUT2D eigenvalue weighted by Gasteiger charge is 2.21. The van der Waals surface area contributed by atoms with E-state index < -0.39 is 0 Å². The maximum atomic E-state index is 13.2. The van der Waals surface area contributed by atoms with Gasteiger partial charge in [0.2, 0.25) is 0 Å². The molecule has 1 amide bonds. The fourth-order valence-electron chi connectivity index (χ4n) is 3.27. The van der Waals surface area contributed by atoms with Crippen LogP contribution in [-0.4, -0.2) is 22.8 Å². The van der Waals surface area contributed by atoms with Crippen molar-refractivity contribution < 1.29 is 13.9 Å². The molecule has 152 valence electrons. The smallest absolute Gasteiger partial charge is 0.255 e. The first-order valence-electron chi connectivity index (χ1n) is 9.72. The van der Waals surface area contributed by atoms with Gasteiger partial charge in [0.15, 0.2) is 0 Å². The largest absolute Gasteiger partial charge is 0.497 e. The molecule has 30 heavy (non-hydrogen) atoms. The van der Waals surface area contributed by atoms with Crippen molar-refractivity contribution in [3.8, 4) is 22.7 Å². The molecule has 6 heteroatoms. The van der Waals surface area contributed by atoms with Crippen LogP contribution in [0.4, 0.5) is 0 Å². The van der Waals surface area contributed by atoms with Crippen LogP contribution in [-0.2, 0) is 0 Å². The minimum absolute atomic E-state index is 0.225. The van der Waals surface area contributed by atoms with E-state index in [0.717, 1.165) is 17.0 Å². The van der Waals surface area contributed by atoms with E-state index in [1.807, 2.05) is 80.6 Å². The molecule has 4 aromatic rings. The number of para-hydroxylation sites is 1. The number of furan rings is 1. The molecule has 0 aliphatic rings. The number of ether oxygens (including phenoxy) is 1. The van der Waals surface area contributed by atoms with Crippen molar-refractivity contribution in [2.45, 2.75) is 19.9 Å². The van der Waals surface area contributed by atoms with E-state index in [1.54, 1.807) is 18.0 Å². The molecule has 0 radical (unpaired) electrons. The van der Waals surface area contributed by atoms with Gasteiger partial charge >= 0.3 is 0 Å². The van der Waals surface area contributed by atoms with Crippen molar-refractivity contribution in [3.63, 3.8) is 0 Å². The number of rotatable bonds is 6. The molecule has 0 fully saturated rings. The number of nitrogens with one attached hydrogen (secondary N) is 1. The van der Waals surface area contributed by atoms with E-state index in [-0.39, 0.29) is 11.9 Å². The van der Waals surface area contributed by atoms with Gasteiger partial charge in [-0.3, -0.25) is 4.79 Å². The predicted octanol–water partition coefficient (Wildman–Crippen LogP) is 4.94. The van der Waals surface area contributed by atoms with Crippen molar-refractivity contribution in [2.24, 2.45) is 0 Å². The second kappa shape index (κ2) is 8.29. The van der Waals surface area contributed by atoms with Crippen LogP contribution in [0.15, 0.2) is 77.3 Å². The third-order valence-electron chi connectivity index (χ3n) is 4.86. The van der Waals surface area contributed by atoms with E-state index in [1.165, 1.54) is 0 Å². The van der Waals surface area contributed by atoms with Crippen LogP contribution in [0.5, 0.6) is 5.75 Å². The second-order valence-corrected chi connectivity index (χ2v) is 7.05. The van der Waals surface area contributed by atoms with E-state index in [4.69, 9.17) is 14.3 Å². The van der Waals surface area contributed by atoms with Crippen molar-refractivity contribution in [1.82, 2.24) is 15.1 Å². The zero-order valence-corrected chi connectivity index (χ0v) is 17.1. The van der Waals surface area contributed by atoms with E-state index in [2.05, 4.69) is 5.32 Å². The number of nitrogens with zero attached hydrogens (tertiary/aromatic N) is 2. The van der Waals surface area contributed by atoms with Crippen LogP contribution in [0.3, 0.4) is 0 Å². The number of carbonyl (C=O) groups excluding carboxylic acids is 1. The normalized spacial score (nSPS) is 11.8. The van der Waals surface area contributed by atoms with Crippen molar-refractivity contribution >= 4 is 5.91 Å². The van der Waals surface area contributed by atoms with Crippen LogP contribution >= 0.6 is 0 Å². The fraction of sp³-hybridized carbons (Fsp3) is 0.167. The summed E-state index contributed by atoms with van der Waals surface area (Å²) in [6.07, 6.45) is 1.75. The molecular weight excluding hydrogens is 378 g/mol. The number of aromatic nitrogens is 2. The molecule has 0 saturated heterocycles. The first-order valence-corrected chi connectivity index (χ1v) is 9.72. The maximum absolute atomic E-state index is 13.2. The molecule has 0 spiro atoms. The summed E-state index contributed by atoms with van der Waals surface area (Å²) in [6, 6.07) is 20.7. The van der Waals surface area contributed by atoms with Crippen molar-refractivity contribution in [3.05, 3.63) is 90.0 Å². The van der Waals surface area contributed by atoms with E-state index >= 15 is 0 Å². The fourth-order valence-corrected chi connectivity index (χ4v) is 3.27. The molecule has 4 rings (SSSR count). The summed E-state index contributed by atoms with van der Waals surface area (Å²) in [5.41, 5.74) is 2.73. The maximum Gasteiger partial charge on any atom is 0.255 e. The number of hydrogen-bond donors (Lipinski definition) is 1. The lowest BCUT2D eigenvalue weighted by molar-refractivity contribution is 0.0935. The van der Waals surface area contributed by atoms with Crippen LogP contribution in [0, 0.1) is 6.92 Å². The molecule has 6 nitrogen and oxygen atoms in total. The molecule has 2 aromatic carbocycles. The molecule has 2 heterocycles. The second-order valence-electron chi connectivity index (χ2n) is 7.05. The van der Waals surface area contributed by atoms with Gasteiger partial charge in [0.1, 0.15) is 23.0 Å². The number of benzene rings is 2. The van der Waals surface area contributed by atoms with Gasteiger partial charge in [-0.1, -0.05) is 30.3 Å². The summed E-state index contributed by atoms with van der Waals surface area (Å²) < 4.78 is 12.7. The first-order chi connectivity index (χ1) is 14.5. The van der Waals surface area contributed by atoms with Gasteiger partial charge in [-0.2, -0.15) is 5.10 Å². The topological polar surface area (TPSA) is 69.3 Å². The third kappa shape index (κ3) is 3.98. The summed E-state index contributed by atoms with van der Waals surface area (Å²) >= 11 is 0. The van der Waals surface area contributed by atoms with Gasteiger partial charge in [0, 0.05) is 11.8 Å². The number of methoxy groups -OCH3 is 1. The molecule has 0 aliphatic heterocycles. The van der Waals surface area contributed by atoms with Crippen LogP contribution < -0.4 is 10.1 Å². The lowest BCUT2D eigenvalue weighted by Crippen LogP contribution is -2.26.